The van der Waals surface area contributed by atoms with E-state index in [1.165, 1.54) is 4.90 Å². The number of carbonyl (C=O) groups is 1. The molecule has 0 bridgehead atoms. The number of benzene rings is 1. The van der Waals surface area contributed by atoms with Gasteiger partial charge in [-0.2, -0.15) is 0 Å². The zero-order valence-corrected chi connectivity index (χ0v) is 15.6. The number of nitrogens with zero attached hydrogens (tertiary/aromatic N) is 5. The largest absolute Gasteiger partial charge is 0.370 e. The van der Waals surface area contributed by atoms with Crippen molar-refractivity contribution in [2.45, 2.75) is 0 Å². The Kier molecular flexibility index (Phi) is 6.08. The smallest absolute Gasteiger partial charge is 0.294 e. The van der Waals surface area contributed by atoms with Crippen LogP contribution in [0.25, 0.3) is 11.0 Å². The van der Waals surface area contributed by atoms with E-state index < -0.39 is 5.09 Å². The number of hydrogen-bond donors (Lipinski definition) is 1. The van der Waals surface area contributed by atoms with Gasteiger partial charge in [-0.25, -0.2) is 0 Å². The summed E-state index contributed by atoms with van der Waals surface area (Å²) >= 11 is 3.50. The Balaban J connectivity index is 1.61. The number of rotatable bonds is 7. The maximum Gasteiger partial charge on any atom is 0.294 e. The van der Waals surface area contributed by atoms with Crippen molar-refractivity contribution in [2.75, 3.05) is 38.2 Å². The predicted octanol–water partition coefficient (Wildman–Crippen LogP) is 1.23. The zero-order valence-electron chi connectivity index (χ0n) is 14.0. The molecule has 27 heavy (non-hydrogen) atoms. The van der Waals surface area contributed by atoms with E-state index in [2.05, 4.69) is 41.0 Å². The Bertz CT molecular complexity index is 892. The van der Waals surface area contributed by atoms with E-state index in [-0.39, 0.29) is 25.7 Å². The standard InChI is InChI=1S/C15H15BrN6O5/c16-13-10(1-2-11-14(13)18-4-3-17-11)20-15-19-5-6-21(15)12(23)9-26-7-8-27-22(24)25/h1-4H,5-9H2,(H,19,20). The lowest BCUT2D eigenvalue weighted by Gasteiger charge is -2.20. The Morgan fingerprint density at radius 3 is 2.96 bits per heavy atom. The van der Waals surface area contributed by atoms with Crippen LogP contribution in [0.1, 0.15) is 0 Å². The molecule has 1 aliphatic rings. The number of nitrogens with one attached hydrogen (secondary N) is 1. The second-order valence-electron chi connectivity index (χ2n) is 5.34. The summed E-state index contributed by atoms with van der Waals surface area (Å²) in [6, 6.07) is 3.63. The minimum Gasteiger partial charge on any atom is -0.370 e. The summed E-state index contributed by atoms with van der Waals surface area (Å²) in [6.45, 7) is 0.358. The van der Waals surface area contributed by atoms with Crippen molar-refractivity contribution >= 4 is 44.5 Å². The number of hydrogen-bond acceptors (Lipinski definition) is 9. The van der Waals surface area contributed by atoms with Gasteiger partial charge in [0.1, 0.15) is 18.7 Å². The van der Waals surface area contributed by atoms with Crippen LogP contribution in [0, 0.1) is 10.1 Å². The van der Waals surface area contributed by atoms with E-state index in [1.54, 1.807) is 12.4 Å². The summed E-state index contributed by atoms with van der Waals surface area (Å²) in [5, 5.41) is 12.3. The first-order chi connectivity index (χ1) is 13.1. The van der Waals surface area contributed by atoms with Crippen molar-refractivity contribution in [1.29, 1.82) is 0 Å². The maximum atomic E-state index is 12.3. The summed E-state index contributed by atoms with van der Waals surface area (Å²) in [7, 11) is 0. The van der Waals surface area contributed by atoms with Gasteiger partial charge in [-0.15, -0.1) is 10.1 Å². The molecule has 1 N–H and O–H groups in total. The lowest BCUT2D eigenvalue weighted by Crippen LogP contribution is -2.40. The number of aromatic nitrogens is 2. The number of amides is 1. The van der Waals surface area contributed by atoms with Crippen LogP contribution in [0.15, 0.2) is 34.0 Å². The van der Waals surface area contributed by atoms with Crippen LogP contribution in [0.5, 0.6) is 0 Å². The van der Waals surface area contributed by atoms with Crippen LogP contribution in [0.4, 0.5) is 5.69 Å². The fraction of sp³-hybridized carbons (Fsp3) is 0.333. The van der Waals surface area contributed by atoms with Gasteiger partial charge in [0.05, 0.1) is 28.8 Å². The molecule has 0 atom stereocenters. The normalized spacial score (nSPS) is 13.5. The third-order valence-electron chi connectivity index (χ3n) is 3.62. The highest BCUT2D eigenvalue weighted by molar-refractivity contribution is 9.10. The molecule has 0 saturated carbocycles. The fourth-order valence-electron chi connectivity index (χ4n) is 2.42. The Labute approximate surface area is 161 Å². The van der Waals surface area contributed by atoms with Crippen LogP contribution in [0.3, 0.4) is 0 Å². The molecule has 2 heterocycles. The van der Waals surface area contributed by atoms with Gasteiger partial charge in [0.15, 0.2) is 0 Å². The van der Waals surface area contributed by atoms with Crippen molar-refractivity contribution in [3.63, 3.8) is 0 Å². The van der Waals surface area contributed by atoms with Crippen molar-refractivity contribution in [3.05, 3.63) is 39.1 Å². The molecule has 1 aromatic heterocycles. The second kappa shape index (κ2) is 8.68. The summed E-state index contributed by atoms with van der Waals surface area (Å²) < 4.78 is 5.82. The summed E-state index contributed by atoms with van der Waals surface area (Å²) in [5.74, 6) is 0.0886. The molecular formula is C15H15BrN6O5. The lowest BCUT2D eigenvalue weighted by molar-refractivity contribution is -0.758. The highest BCUT2D eigenvalue weighted by Crippen LogP contribution is 2.29. The highest BCUT2D eigenvalue weighted by Gasteiger charge is 2.24. The molecule has 1 aliphatic heterocycles. The molecule has 0 spiro atoms. The number of aliphatic imine (C=N–C) groups is 1. The zero-order chi connectivity index (χ0) is 19.2. The average Bonchev–Trinajstić information content (AvgIpc) is 3.12. The molecule has 0 saturated heterocycles. The lowest BCUT2D eigenvalue weighted by atomic mass is 10.2. The predicted molar refractivity (Wildman–Crippen MR) is 98.6 cm³/mol. The second-order valence-corrected chi connectivity index (χ2v) is 6.13. The number of guanidine groups is 1. The monoisotopic (exact) mass is 438 g/mol. The Hall–Kier alpha value is -2.86. The molecule has 0 radical (unpaired) electrons. The van der Waals surface area contributed by atoms with Gasteiger partial charge in [0, 0.05) is 18.9 Å². The minimum absolute atomic E-state index is 0.0602. The van der Waals surface area contributed by atoms with Gasteiger partial charge in [-0.3, -0.25) is 24.7 Å². The average molecular weight is 439 g/mol. The topological polar surface area (TPSA) is 132 Å². The molecule has 0 fully saturated rings. The van der Waals surface area contributed by atoms with E-state index in [0.29, 0.717) is 34.7 Å². The number of ether oxygens (including phenoxy) is 1. The summed E-state index contributed by atoms with van der Waals surface area (Å²) in [4.78, 5) is 40.8. The van der Waals surface area contributed by atoms with Crippen LogP contribution >= 0.6 is 15.9 Å². The van der Waals surface area contributed by atoms with E-state index in [0.717, 1.165) is 5.52 Å². The van der Waals surface area contributed by atoms with Crippen LogP contribution in [0.2, 0.25) is 0 Å². The van der Waals surface area contributed by atoms with E-state index in [9.17, 15) is 14.9 Å². The SMILES string of the molecule is O=C(COCCO[N+](=O)[O-])N1CCN=C1Nc1ccc2nccnc2c1Br. The van der Waals surface area contributed by atoms with Gasteiger partial charge in [0.25, 0.3) is 11.0 Å². The number of halogens is 1. The summed E-state index contributed by atoms with van der Waals surface area (Å²) in [6.07, 6.45) is 3.21. The van der Waals surface area contributed by atoms with Crippen molar-refractivity contribution in [3.8, 4) is 0 Å². The van der Waals surface area contributed by atoms with Gasteiger partial charge in [-0.1, -0.05) is 0 Å². The molecule has 3 rings (SSSR count). The first kappa shape index (κ1) is 18.9. The molecule has 2 aromatic rings. The van der Waals surface area contributed by atoms with E-state index >= 15 is 0 Å². The fourth-order valence-corrected chi connectivity index (χ4v) is 2.96. The van der Waals surface area contributed by atoms with E-state index in [4.69, 9.17) is 4.74 Å². The van der Waals surface area contributed by atoms with Gasteiger partial charge in [-0.05, 0) is 28.1 Å². The van der Waals surface area contributed by atoms with Crippen LogP contribution in [-0.2, 0) is 14.4 Å². The molecule has 1 aromatic carbocycles. The Morgan fingerprint density at radius 1 is 1.33 bits per heavy atom. The van der Waals surface area contributed by atoms with Crippen LogP contribution in [-0.4, -0.2) is 64.7 Å². The third-order valence-corrected chi connectivity index (χ3v) is 4.42. The summed E-state index contributed by atoms with van der Waals surface area (Å²) in [5.41, 5.74) is 2.12. The first-order valence-corrected chi connectivity index (χ1v) is 8.71. The maximum absolute atomic E-state index is 12.3. The van der Waals surface area contributed by atoms with Crippen molar-refractivity contribution in [2.24, 2.45) is 4.99 Å². The number of carbonyl (C=O) groups excluding carboxylic acids is 1. The van der Waals surface area contributed by atoms with Crippen molar-refractivity contribution < 1.29 is 19.5 Å². The highest BCUT2D eigenvalue weighted by atomic mass is 79.9. The molecule has 0 aliphatic carbocycles. The van der Waals surface area contributed by atoms with E-state index in [1.807, 2.05) is 12.1 Å². The molecule has 0 unspecified atom stereocenters. The van der Waals surface area contributed by atoms with Crippen LogP contribution < -0.4 is 5.32 Å². The van der Waals surface area contributed by atoms with Gasteiger partial charge >= 0.3 is 0 Å². The molecule has 11 nitrogen and oxygen atoms in total. The quantitative estimate of drug-likeness (QED) is 0.387. The van der Waals surface area contributed by atoms with Gasteiger partial charge < -0.3 is 14.9 Å². The third kappa shape index (κ3) is 4.65. The number of fused-ring (bicyclic) bond motifs is 1. The Morgan fingerprint density at radius 2 is 2.15 bits per heavy atom. The van der Waals surface area contributed by atoms with Crippen molar-refractivity contribution in [1.82, 2.24) is 14.9 Å². The number of anilines is 1. The first-order valence-electron chi connectivity index (χ1n) is 7.92. The molecule has 142 valence electrons. The van der Waals surface area contributed by atoms with Gasteiger partial charge in [0.2, 0.25) is 5.96 Å². The minimum atomic E-state index is -0.911. The molecule has 1 amide bonds. The molecule has 12 heteroatoms. The molecular weight excluding hydrogens is 424 g/mol.